The SMILES string of the molecule is CCCCc1cc(=O)oc2c3c(c(Cl)cc12)OCN(Cc1ccc(Cl)cc1Cl)C3. The molecule has 0 saturated carbocycles. The van der Waals surface area contributed by atoms with Gasteiger partial charge in [0, 0.05) is 34.6 Å². The summed E-state index contributed by atoms with van der Waals surface area (Å²) < 4.78 is 11.5. The van der Waals surface area contributed by atoms with Gasteiger partial charge in [-0.1, -0.05) is 54.2 Å². The molecule has 7 heteroatoms. The van der Waals surface area contributed by atoms with E-state index < -0.39 is 0 Å². The van der Waals surface area contributed by atoms with E-state index >= 15 is 0 Å². The van der Waals surface area contributed by atoms with Crippen LogP contribution in [-0.2, 0) is 19.5 Å². The Hall–Kier alpha value is -1.72. The van der Waals surface area contributed by atoms with Crippen molar-refractivity contribution in [1.82, 2.24) is 4.90 Å². The minimum absolute atomic E-state index is 0.356. The molecule has 0 atom stereocenters. The van der Waals surface area contributed by atoms with Crippen molar-refractivity contribution >= 4 is 45.8 Å². The molecule has 152 valence electrons. The van der Waals surface area contributed by atoms with E-state index in [0.29, 0.717) is 46.2 Å². The highest BCUT2D eigenvalue weighted by Gasteiger charge is 2.25. The summed E-state index contributed by atoms with van der Waals surface area (Å²) in [4.78, 5) is 14.3. The minimum Gasteiger partial charge on any atom is -0.476 e. The molecule has 2 heterocycles. The van der Waals surface area contributed by atoms with E-state index in [1.54, 1.807) is 12.1 Å². The minimum atomic E-state index is -0.356. The van der Waals surface area contributed by atoms with Crippen LogP contribution in [0.25, 0.3) is 11.0 Å². The second-order valence-electron chi connectivity index (χ2n) is 7.23. The summed E-state index contributed by atoms with van der Waals surface area (Å²) in [5.74, 6) is 0.577. The van der Waals surface area contributed by atoms with E-state index in [-0.39, 0.29) is 5.63 Å². The first-order valence-electron chi connectivity index (χ1n) is 9.53. The fourth-order valence-electron chi connectivity index (χ4n) is 3.66. The first-order chi connectivity index (χ1) is 14.0. The van der Waals surface area contributed by atoms with Crippen LogP contribution in [0.2, 0.25) is 15.1 Å². The monoisotopic (exact) mass is 451 g/mol. The van der Waals surface area contributed by atoms with E-state index in [2.05, 4.69) is 11.8 Å². The highest BCUT2D eigenvalue weighted by molar-refractivity contribution is 6.35. The third-order valence-corrected chi connectivity index (χ3v) is 5.97. The van der Waals surface area contributed by atoms with E-state index in [1.165, 1.54) is 0 Å². The average Bonchev–Trinajstić information content (AvgIpc) is 2.69. The third-order valence-electron chi connectivity index (χ3n) is 5.10. The van der Waals surface area contributed by atoms with Crippen LogP contribution >= 0.6 is 34.8 Å². The molecule has 0 bridgehead atoms. The first kappa shape index (κ1) is 20.5. The van der Waals surface area contributed by atoms with Gasteiger partial charge >= 0.3 is 5.63 Å². The van der Waals surface area contributed by atoms with Gasteiger partial charge in [0.1, 0.15) is 18.1 Å². The van der Waals surface area contributed by atoms with Crippen molar-refractivity contribution in [3.63, 3.8) is 0 Å². The molecular weight excluding hydrogens is 433 g/mol. The van der Waals surface area contributed by atoms with Crippen molar-refractivity contribution in [1.29, 1.82) is 0 Å². The molecule has 0 aliphatic carbocycles. The molecule has 4 rings (SSSR count). The van der Waals surface area contributed by atoms with Crippen molar-refractivity contribution in [3.05, 3.63) is 72.5 Å². The fraction of sp³-hybridized carbons (Fsp3) is 0.318. The second-order valence-corrected chi connectivity index (χ2v) is 8.48. The highest BCUT2D eigenvalue weighted by Crippen LogP contribution is 2.40. The molecule has 0 radical (unpaired) electrons. The zero-order valence-corrected chi connectivity index (χ0v) is 18.2. The molecule has 0 amide bonds. The number of ether oxygens (including phenoxy) is 1. The van der Waals surface area contributed by atoms with Gasteiger partial charge in [0.2, 0.25) is 0 Å². The Morgan fingerprint density at radius 1 is 1.07 bits per heavy atom. The predicted octanol–water partition coefficient (Wildman–Crippen LogP) is 6.45. The first-order valence-corrected chi connectivity index (χ1v) is 10.7. The molecule has 4 nitrogen and oxygen atoms in total. The normalized spacial score (nSPS) is 14.1. The van der Waals surface area contributed by atoms with Crippen LogP contribution in [0.3, 0.4) is 0 Å². The molecule has 0 saturated heterocycles. The standard InChI is InChI=1S/C22H20Cl3NO3/c1-2-3-4-13-7-20(27)29-21-16(13)9-19(25)22-17(21)11-26(12-28-22)10-14-5-6-15(23)8-18(14)24/h5-9H,2-4,10-12H2,1H3. The highest BCUT2D eigenvalue weighted by atomic mass is 35.5. The number of unbranched alkanes of at least 4 members (excludes halogenated alkanes) is 1. The lowest BCUT2D eigenvalue weighted by atomic mass is 10.0. The fourth-order valence-corrected chi connectivity index (χ4v) is 4.41. The smallest absolute Gasteiger partial charge is 0.336 e. The number of rotatable bonds is 5. The number of fused-ring (bicyclic) bond motifs is 3. The summed E-state index contributed by atoms with van der Waals surface area (Å²) >= 11 is 18.8. The van der Waals surface area contributed by atoms with Crippen LogP contribution in [0.5, 0.6) is 5.75 Å². The van der Waals surface area contributed by atoms with Crippen LogP contribution in [0, 0.1) is 0 Å². The van der Waals surface area contributed by atoms with E-state index in [0.717, 1.165) is 41.3 Å². The third kappa shape index (κ3) is 4.26. The Morgan fingerprint density at radius 2 is 1.90 bits per heavy atom. The molecular formula is C22H20Cl3NO3. The lowest BCUT2D eigenvalue weighted by Crippen LogP contribution is -2.32. The predicted molar refractivity (Wildman–Crippen MR) is 117 cm³/mol. The van der Waals surface area contributed by atoms with Gasteiger partial charge in [-0.2, -0.15) is 0 Å². The van der Waals surface area contributed by atoms with Crippen molar-refractivity contribution in [2.24, 2.45) is 0 Å². The maximum Gasteiger partial charge on any atom is 0.336 e. The number of nitrogens with zero attached hydrogens (tertiary/aromatic N) is 1. The number of hydrogen-bond donors (Lipinski definition) is 0. The number of hydrogen-bond acceptors (Lipinski definition) is 4. The quantitative estimate of drug-likeness (QED) is 0.417. The molecule has 3 aromatic rings. The molecule has 1 aliphatic rings. The average molecular weight is 453 g/mol. The van der Waals surface area contributed by atoms with Gasteiger partial charge in [-0.15, -0.1) is 0 Å². The molecule has 0 fully saturated rings. The van der Waals surface area contributed by atoms with Crippen LogP contribution in [0.1, 0.15) is 36.5 Å². The van der Waals surface area contributed by atoms with Crippen LogP contribution in [0.15, 0.2) is 39.5 Å². The summed E-state index contributed by atoms with van der Waals surface area (Å²) in [6.45, 7) is 3.59. The van der Waals surface area contributed by atoms with Crippen molar-refractivity contribution < 1.29 is 9.15 Å². The Labute approximate surface area is 183 Å². The molecule has 2 aromatic carbocycles. The van der Waals surface area contributed by atoms with Gasteiger partial charge in [-0.05, 0) is 42.2 Å². The maximum absolute atomic E-state index is 12.2. The number of halogens is 3. The largest absolute Gasteiger partial charge is 0.476 e. The lowest BCUT2D eigenvalue weighted by molar-refractivity contribution is 0.0891. The summed E-state index contributed by atoms with van der Waals surface area (Å²) in [6, 6.07) is 8.85. The molecule has 29 heavy (non-hydrogen) atoms. The van der Waals surface area contributed by atoms with Crippen molar-refractivity contribution in [2.45, 2.75) is 39.3 Å². The van der Waals surface area contributed by atoms with Gasteiger partial charge in [0.05, 0.1) is 10.6 Å². The topological polar surface area (TPSA) is 42.7 Å². The van der Waals surface area contributed by atoms with Gasteiger partial charge < -0.3 is 9.15 Å². The van der Waals surface area contributed by atoms with Crippen LogP contribution < -0.4 is 10.4 Å². The Kier molecular flexibility index (Phi) is 6.07. The molecule has 0 spiro atoms. The van der Waals surface area contributed by atoms with Gasteiger partial charge in [0.25, 0.3) is 0 Å². The van der Waals surface area contributed by atoms with E-state index in [1.807, 2.05) is 18.2 Å². The van der Waals surface area contributed by atoms with Crippen LogP contribution in [0.4, 0.5) is 0 Å². The molecule has 1 aromatic heterocycles. The van der Waals surface area contributed by atoms with Crippen molar-refractivity contribution in [3.8, 4) is 5.75 Å². The van der Waals surface area contributed by atoms with Crippen molar-refractivity contribution in [2.75, 3.05) is 6.73 Å². The lowest BCUT2D eigenvalue weighted by Gasteiger charge is -2.30. The van der Waals surface area contributed by atoms with Crippen LogP contribution in [-0.4, -0.2) is 11.6 Å². The Bertz CT molecular complexity index is 1130. The summed E-state index contributed by atoms with van der Waals surface area (Å²) in [5.41, 5.74) is 2.89. The Morgan fingerprint density at radius 3 is 2.66 bits per heavy atom. The summed E-state index contributed by atoms with van der Waals surface area (Å²) in [7, 11) is 0. The van der Waals surface area contributed by atoms with Gasteiger partial charge in [-0.3, -0.25) is 4.90 Å². The maximum atomic E-state index is 12.2. The summed E-state index contributed by atoms with van der Waals surface area (Å²) in [6.07, 6.45) is 2.84. The number of benzene rings is 2. The van der Waals surface area contributed by atoms with Gasteiger partial charge in [0.15, 0.2) is 0 Å². The van der Waals surface area contributed by atoms with E-state index in [4.69, 9.17) is 44.0 Å². The Balaban J connectivity index is 1.73. The second kappa shape index (κ2) is 8.57. The molecule has 1 aliphatic heterocycles. The summed E-state index contributed by atoms with van der Waals surface area (Å²) in [5, 5.41) is 2.60. The zero-order valence-electron chi connectivity index (χ0n) is 15.9. The van der Waals surface area contributed by atoms with Gasteiger partial charge in [-0.25, -0.2) is 4.79 Å². The van der Waals surface area contributed by atoms with E-state index in [9.17, 15) is 4.79 Å². The zero-order chi connectivity index (χ0) is 20.5. The number of aryl methyl sites for hydroxylation is 1. The molecule has 0 N–H and O–H groups in total. The molecule has 0 unspecified atom stereocenters.